The molecule has 2 aliphatic heterocycles. The molecule has 4 fully saturated rings. The highest BCUT2D eigenvalue weighted by Crippen LogP contribution is 2.51. The Kier molecular flexibility index (Phi) is 4.67. The van der Waals surface area contributed by atoms with E-state index >= 15 is 0 Å². The van der Waals surface area contributed by atoms with E-state index in [9.17, 15) is 13.2 Å². The number of aliphatic imine (C=N–C) groups is 1. The van der Waals surface area contributed by atoms with E-state index in [1.54, 1.807) is 11.8 Å². The Morgan fingerprint density at radius 1 is 1.20 bits per heavy atom. The Labute approximate surface area is 154 Å². The summed E-state index contributed by atoms with van der Waals surface area (Å²) < 4.78 is 24.3. The third-order valence-corrected chi connectivity index (χ3v) is 9.93. The number of thioether (sulfide) groups is 1. The molecule has 0 aromatic heterocycles. The van der Waals surface area contributed by atoms with Crippen LogP contribution in [0.25, 0.3) is 0 Å². The summed E-state index contributed by atoms with van der Waals surface area (Å²) in [5.74, 6) is 1.87. The van der Waals surface area contributed by atoms with Gasteiger partial charge in [-0.2, -0.15) is 4.99 Å². The number of carbonyl (C=O) groups excluding carboxylic acids is 1. The molecule has 1 amide bonds. The maximum Gasteiger partial charge on any atom is 0.251 e. The highest BCUT2D eigenvalue weighted by molar-refractivity contribution is 8.15. The minimum absolute atomic E-state index is 0.0147. The van der Waals surface area contributed by atoms with Crippen LogP contribution in [-0.4, -0.2) is 53.2 Å². The Morgan fingerprint density at radius 3 is 2.56 bits per heavy atom. The Balaban J connectivity index is 1.63. The molecule has 2 saturated carbocycles. The van der Waals surface area contributed by atoms with E-state index in [-0.39, 0.29) is 34.6 Å². The van der Waals surface area contributed by atoms with Crippen molar-refractivity contribution in [3.05, 3.63) is 0 Å². The summed E-state index contributed by atoms with van der Waals surface area (Å²) in [6.07, 6.45) is 6.59. The molecule has 0 spiro atoms. The van der Waals surface area contributed by atoms with Gasteiger partial charge in [0.05, 0.1) is 17.5 Å². The summed E-state index contributed by atoms with van der Waals surface area (Å²) in [4.78, 5) is 19.4. The molecule has 7 heteroatoms. The van der Waals surface area contributed by atoms with E-state index in [1.165, 1.54) is 19.3 Å². The first kappa shape index (κ1) is 17.8. The third kappa shape index (κ3) is 3.15. The van der Waals surface area contributed by atoms with Crippen molar-refractivity contribution in [2.24, 2.45) is 22.7 Å². The van der Waals surface area contributed by atoms with Gasteiger partial charge in [-0.1, -0.05) is 32.0 Å². The Bertz CT molecular complexity index is 686. The average molecular weight is 385 g/mol. The standard InChI is InChI=1S/C18H28N2O3S2/c1-3-12(4-2)17(21)19-18-20(14-8-11-5-6-13(14)7-11)15-9-25(22,23)10-16(15)24-18/h11-16H,3-10H2,1-2H3/t11-,13-,14+,15-,16+/m0/s1. The lowest BCUT2D eigenvalue weighted by molar-refractivity contribution is -0.121. The molecular formula is C18H28N2O3S2. The van der Waals surface area contributed by atoms with Crippen LogP contribution in [-0.2, 0) is 14.6 Å². The number of nitrogens with zero attached hydrogens (tertiary/aromatic N) is 2. The van der Waals surface area contributed by atoms with Gasteiger partial charge >= 0.3 is 0 Å². The summed E-state index contributed by atoms with van der Waals surface area (Å²) in [5.41, 5.74) is 0. The van der Waals surface area contributed by atoms with Crippen molar-refractivity contribution >= 4 is 32.7 Å². The third-order valence-electron chi connectivity index (χ3n) is 6.71. The van der Waals surface area contributed by atoms with Gasteiger partial charge in [-0.05, 0) is 43.9 Å². The number of hydrogen-bond acceptors (Lipinski definition) is 4. The zero-order valence-electron chi connectivity index (χ0n) is 15.1. The summed E-state index contributed by atoms with van der Waals surface area (Å²) in [5, 5.41) is 0.872. The second-order valence-electron chi connectivity index (χ2n) is 8.20. The van der Waals surface area contributed by atoms with Gasteiger partial charge in [0.2, 0.25) is 0 Å². The minimum atomic E-state index is -2.96. The molecule has 4 aliphatic rings. The fourth-order valence-electron chi connectivity index (χ4n) is 5.35. The molecule has 0 N–H and O–H groups in total. The van der Waals surface area contributed by atoms with Gasteiger partial charge in [-0.15, -0.1) is 0 Å². The molecule has 25 heavy (non-hydrogen) atoms. The maximum atomic E-state index is 12.6. The smallest absolute Gasteiger partial charge is 0.251 e. The molecule has 0 unspecified atom stereocenters. The molecule has 2 aliphatic carbocycles. The number of amides is 1. The van der Waals surface area contributed by atoms with E-state index in [0.29, 0.717) is 12.0 Å². The Morgan fingerprint density at radius 2 is 1.96 bits per heavy atom. The van der Waals surface area contributed by atoms with Crippen LogP contribution in [0.15, 0.2) is 4.99 Å². The van der Waals surface area contributed by atoms with Crippen molar-refractivity contribution in [2.75, 3.05) is 11.5 Å². The van der Waals surface area contributed by atoms with Crippen LogP contribution in [0, 0.1) is 17.8 Å². The quantitative estimate of drug-likeness (QED) is 0.745. The topological polar surface area (TPSA) is 66.8 Å². The first-order valence-corrected chi connectivity index (χ1v) is 12.4. The number of rotatable bonds is 4. The largest absolute Gasteiger partial charge is 0.343 e. The molecule has 2 saturated heterocycles. The minimum Gasteiger partial charge on any atom is -0.343 e. The van der Waals surface area contributed by atoms with E-state index in [0.717, 1.165) is 30.3 Å². The lowest BCUT2D eigenvalue weighted by atomic mass is 9.93. The van der Waals surface area contributed by atoms with Crippen LogP contribution in [0.2, 0.25) is 0 Å². The van der Waals surface area contributed by atoms with Crippen LogP contribution in [0.5, 0.6) is 0 Å². The average Bonchev–Trinajstić information content (AvgIpc) is 3.27. The van der Waals surface area contributed by atoms with Gasteiger partial charge in [0.25, 0.3) is 5.91 Å². The maximum absolute atomic E-state index is 12.6. The number of fused-ring (bicyclic) bond motifs is 3. The summed E-state index contributed by atoms with van der Waals surface area (Å²) in [6, 6.07) is 0.412. The molecule has 2 heterocycles. The van der Waals surface area contributed by atoms with Crippen LogP contribution in [0.4, 0.5) is 0 Å². The van der Waals surface area contributed by atoms with E-state index in [2.05, 4.69) is 9.89 Å². The fourth-order valence-corrected chi connectivity index (χ4v) is 9.33. The molecule has 0 aromatic carbocycles. The first-order valence-electron chi connectivity index (χ1n) is 9.69. The highest BCUT2D eigenvalue weighted by atomic mass is 32.2. The molecule has 4 rings (SSSR count). The molecule has 2 bridgehead atoms. The van der Waals surface area contributed by atoms with Crippen molar-refractivity contribution in [3.8, 4) is 0 Å². The number of carbonyl (C=O) groups is 1. The zero-order valence-corrected chi connectivity index (χ0v) is 16.7. The number of hydrogen-bond donors (Lipinski definition) is 0. The van der Waals surface area contributed by atoms with Gasteiger partial charge in [0.15, 0.2) is 15.0 Å². The van der Waals surface area contributed by atoms with Gasteiger partial charge in [0, 0.05) is 17.2 Å². The number of sulfone groups is 1. The predicted molar refractivity (Wildman–Crippen MR) is 101 cm³/mol. The van der Waals surface area contributed by atoms with Gasteiger partial charge in [-0.25, -0.2) is 8.42 Å². The normalized spacial score (nSPS) is 40.4. The van der Waals surface area contributed by atoms with Crippen molar-refractivity contribution < 1.29 is 13.2 Å². The van der Waals surface area contributed by atoms with Crippen LogP contribution < -0.4 is 0 Å². The van der Waals surface area contributed by atoms with Crippen molar-refractivity contribution in [1.29, 1.82) is 0 Å². The molecule has 0 radical (unpaired) electrons. The predicted octanol–water partition coefficient (Wildman–Crippen LogP) is 2.71. The monoisotopic (exact) mass is 384 g/mol. The second kappa shape index (κ2) is 6.55. The molecule has 140 valence electrons. The van der Waals surface area contributed by atoms with Gasteiger partial charge in [0.1, 0.15) is 0 Å². The van der Waals surface area contributed by atoms with Gasteiger partial charge in [-0.3, -0.25) is 4.79 Å². The van der Waals surface area contributed by atoms with E-state index in [4.69, 9.17) is 0 Å². The molecule has 0 aromatic rings. The van der Waals surface area contributed by atoms with Crippen LogP contribution in [0.3, 0.4) is 0 Å². The van der Waals surface area contributed by atoms with E-state index in [1.807, 2.05) is 13.8 Å². The second-order valence-corrected chi connectivity index (χ2v) is 11.6. The molecule has 5 nitrogen and oxygen atoms in total. The molecular weight excluding hydrogens is 356 g/mol. The fraction of sp³-hybridized carbons (Fsp3) is 0.889. The summed E-state index contributed by atoms with van der Waals surface area (Å²) in [7, 11) is -2.96. The lowest BCUT2D eigenvalue weighted by Crippen LogP contribution is -2.47. The Hall–Kier alpha value is -0.560. The van der Waals surface area contributed by atoms with Crippen molar-refractivity contribution in [1.82, 2.24) is 4.90 Å². The summed E-state index contributed by atoms with van der Waals surface area (Å²) in [6.45, 7) is 4.06. The summed E-state index contributed by atoms with van der Waals surface area (Å²) >= 11 is 1.55. The van der Waals surface area contributed by atoms with Crippen LogP contribution >= 0.6 is 11.8 Å². The SMILES string of the molecule is CCC(CC)C(=O)N=C1S[C@@H]2CS(=O)(=O)C[C@@H]2N1[C@@H]1C[C@H]2CC[C@H]1C2. The lowest BCUT2D eigenvalue weighted by Gasteiger charge is -2.36. The number of amidine groups is 1. The van der Waals surface area contributed by atoms with E-state index < -0.39 is 9.84 Å². The highest BCUT2D eigenvalue weighted by Gasteiger charge is 2.54. The van der Waals surface area contributed by atoms with Crippen molar-refractivity contribution in [3.63, 3.8) is 0 Å². The van der Waals surface area contributed by atoms with Gasteiger partial charge < -0.3 is 4.90 Å². The molecule has 5 atom stereocenters. The first-order chi connectivity index (χ1) is 11.9. The van der Waals surface area contributed by atoms with Crippen LogP contribution in [0.1, 0.15) is 52.4 Å². The van der Waals surface area contributed by atoms with Crippen molar-refractivity contribution in [2.45, 2.75) is 69.7 Å². The zero-order chi connectivity index (χ0) is 17.8.